The van der Waals surface area contributed by atoms with Gasteiger partial charge in [-0.15, -0.1) is 0 Å². The first kappa shape index (κ1) is 10.2. The molecule has 16 heavy (non-hydrogen) atoms. The molecule has 88 valence electrons. The summed E-state index contributed by atoms with van der Waals surface area (Å²) in [6.07, 6.45) is 7.33. The van der Waals surface area contributed by atoms with E-state index in [1.807, 2.05) is 0 Å². The molecular weight excluding hydrogens is 204 g/mol. The number of H-pyrrole nitrogens is 1. The Hall–Kier alpha value is -0.940. The van der Waals surface area contributed by atoms with Crippen LogP contribution in [0.1, 0.15) is 44.0 Å². The van der Waals surface area contributed by atoms with E-state index in [0.717, 1.165) is 25.3 Å². The van der Waals surface area contributed by atoms with Crippen LogP contribution in [0.2, 0.25) is 0 Å². The van der Waals surface area contributed by atoms with Gasteiger partial charge in [-0.05, 0) is 38.0 Å². The predicted molar refractivity (Wildman–Crippen MR) is 58.6 cm³/mol. The van der Waals surface area contributed by atoms with Crippen molar-refractivity contribution in [2.45, 2.75) is 43.7 Å². The van der Waals surface area contributed by atoms with Crippen molar-refractivity contribution in [1.82, 2.24) is 15.2 Å². The number of nitrogens with zero attached hydrogens (tertiary/aromatic N) is 2. The van der Waals surface area contributed by atoms with Gasteiger partial charge >= 0.3 is 0 Å². The number of nitrogens with two attached hydrogens (primary N) is 1. The quantitative estimate of drug-likeness (QED) is 0.787. The van der Waals surface area contributed by atoms with Crippen molar-refractivity contribution in [3.63, 3.8) is 0 Å². The van der Waals surface area contributed by atoms with Crippen LogP contribution in [-0.4, -0.2) is 27.4 Å². The van der Waals surface area contributed by atoms with E-state index in [1.165, 1.54) is 25.6 Å². The average Bonchev–Trinajstić information content (AvgIpc) is 2.79. The number of hydrogen-bond donors (Lipinski definition) is 2. The van der Waals surface area contributed by atoms with E-state index in [0.29, 0.717) is 5.92 Å². The zero-order chi connectivity index (χ0) is 11.0. The maximum Gasteiger partial charge on any atom is 0.141 e. The van der Waals surface area contributed by atoms with Gasteiger partial charge in [-0.25, -0.2) is 4.98 Å². The first-order chi connectivity index (χ1) is 7.79. The third kappa shape index (κ3) is 1.64. The molecule has 1 saturated carbocycles. The van der Waals surface area contributed by atoms with Crippen molar-refractivity contribution < 1.29 is 4.74 Å². The topological polar surface area (TPSA) is 76.8 Å². The van der Waals surface area contributed by atoms with Gasteiger partial charge < -0.3 is 10.5 Å². The molecule has 3 rings (SSSR count). The van der Waals surface area contributed by atoms with Crippen LogP contribution in [0, 0.1) is 5.92 Å². The molecule has 5 heteroatoms. The van der Waals surface area contributed by atoms with Gasteiger partial charge in [-0.2, -0.15) is 5.10 Å². The molecule has 3 N–H and O–H groups in total. The lowest BCUT2D eigenvalue weighted by atomic mass is 9.70. The molecule has 2 heterocycles. The van der Waals surface area contributed by atoms with E-state index < -0.39 is 0 Å². The van der Waals surface area contributed by atoms with Crippen molar-refractivity contribution in [3.8, 4) is 0 Å². The highest BCUT2D eigenvalue weighted by atomic mass is 16.5. The van der Waals surface area contributed by atoms with Crippen molar-refractivity contribution >= 4 is 0 Å². The highest BCUT2D eigenvalue weighted by Gasteiger charge is 2.44. The minimum absolute atomic E-state index is 0.0242. The van der Waals surface area contributed by atoms with E-state index >= 15 is 0 Å². The molecule has 1 aromatic heterocycles. The fourth-order valence-corrected chi connectivity index (χ4v) is 2.89. The van der Waals surface area contributed by atoms with Crippen LogP contribution in [0.4, 0.5) is 0 Å². The standard InChI is InChI=1S/C11H18N4O/c12-9(10-13-7-14-15-10)8-2-5-16-11(6-8)3-1-4-11/h7-9H,1-6,12H2,(H,13,14,15). The molecule has 0 radical (unpaired) electrons. The highest BCUT2D eigenvalue weighted by molar-refractivity contribution is 5.00. The largest absolute Gasteiger partial charge is 0.375 e. The van der Waals surface area contributed by atoms with Crippen LogP contribution < -0.4 is 5.73 Å². The van der Waals surface area contributed by atoms with Crippen LogP contribution in [0.5, 0.6) is 0 Å². The van der Waals surface area contributed by atoms with Gasteiger partial charge in [0.05, 0.1) is 11.6 Å². The molecule has 0 amide bonds. The van der Waals surface area contributed by atoms with Crippen LogP contribution >= 0.6 is 0 Å². The van der Waals surface area contributed by atoms with E-state index in [2.05, 4.69) is 15.2 Å². The van der Waals surface area contributed by atoms with Gasteiger partial charge in [0.2, 0.25) is 0 Å². The zero-order valence-corrected chi connectivity index (χ0v) is 9.35. The Morgan fingerprint density at radius 2 is 2.44 bits per heavy atom. The van der Waals surface area contributed by atoms with Gasteiger partial charge in [0.15, 0.2) is 0 Å². The molecule has 0 bridgehead atoms. The second kappa shape index (κ2) is 3.82. The maximum atomic E-state index is 6.22. The summed E-state index contributed by atoms with van der Waals surface area (Å²) in [4.78, 5) is 4.15. The fourth-order valence-electron chi connectivity index (χ4n) is 2.89. The lowest BCUT2D eigenvalue weighted by Gasteiger charge is -2.48. The first-order valence-corrected chi connectivity index (χ1v) is 6.04. The summed E-state index contributed by atoms with van der Waals surface area (Å²) in [7, 11) is 0. The summed E-state index contributed by atoms with van der Waals surface area (Å²) in [6, 6.07) is -0.0242. The van der Waals surface area contributed by atoms with Gasteiger partial charge in [0.25, 0.3) is 0 Å². The van der Waals surface area contributed by atoms with Gasteiger partial charge in [0.1, 0.15) is 12.2 Å². The van der Waals surface area contributed by atoms with Crippen molar-refractivity contribution in [2.75, 3.05) is 6.61 Å². The summed E-state index contributed by atoms with van der Waals surface area (Å²) in [5, 5.41) is 6.73. The molecule has 1 spiro atoms. The maximum absolute atomic E-state index is 6.22. The monoisotopic (exact) mass is 222 g/mol. The van der Waals surface area contributed by atoms with Crippen molar-refractivity contribution in [2.24, 2.45) is 11.7 Å². The predicted octanol–water partition coefficient (Wildman–Crippen LogP) is 1.15. The zero-order valence-electron chi connectivity index (χ0n) is 9.35. The molecule has 2 aliphatic rings. The number of hydrogen-bond acceptors (Lipinski definition) is 4. The first-order valence-electron chi connectivity index (χ1n) is 6.04. The molecule has 1 aromatic rings. The Morgan fingerprint density at radius 1 is 1.56 bits per heavy atom. The van der Waals surface area contributed by atoms with Crippen LogP contribution in [0.15, 0.2) is 6.33 Å². The minimum Gasteiger partial charge on any atom is -0.375 e. The molecule has 0 aromatic carbocycles. The number of aromatic nitrogens is 3. The van der Waals surface area contributed by atoms with E-state index in [4.69, 9.17) is 10.5 Å². The fraction of sp³-hybridized carbons (Fsp3) is 0.818. The normalized spacial score (nSPS) is 29.9. The molecular formula is C11H18N4O. The molecule has 1 aliphatic heterocycles. The van der Waals surface area contributed by atoms with Gasteiger partial charge in [-0.3, -0.25) is 5.10 Å². The summed E-state index contributed by atoms with van der Waals surface area (Å²) in [5.74, 6) is 1.28. The average molecular weight is 222 g/mol. The Kier molecular flexibility index (Phi) is 2.44. The third-order valence-electron chi connectivity index (χ3n) is 4.05. The van der Waals surface area contributed by atoms with Crippen LogP contribution in [-0.2, 0) is 4.74 Å². The SMILES string of the molecule is NC(c1ncn[nH]1)C1CCOC2(CCC2)C1. The second-order valence-electron chi connectivity index (χ2n) is 5.03. The summed E-state index contributed by atoms with van der Waals surface area (Å²) in [6.45, 7) is 0.840. The van der Waals surface area contributed by atoms with Crippen molar-refractivity contribution in [1.29, 1.82) is 0 Å². The number of rotatable bonds is 2. The molecule has 5 nitrogen and oxygen atoms in total. The molecule has 2 unspecified atom stereocenters. The number of nitrogens with one attached hydrogen (secondary N) is 1. The Labute approximate surface area is 94.8 Å². The molecule has 2 fully saturated rings. The van der Waals surface area contributed by atoms with Crippen LogP contribution in [0.3, 0.4) is 0 Å². The lowest BCUT2D eigenvalue weighted by molar-refractivity contribution is -0.146. The van der Waals surface area contributed by atoms with E-state index in [9.17, 15) is 0 Å². The minimum atomic E-state index is -0.0242. The van der Waals surface area contributed by atoms with Gasteiger partial charge in [-0.1, -0.05) is 0 Å². The smallest absolute Gasteiger partial charge is 0.141 e. The van der Waals surface area contributed by atoms with Crippen LogP contribution in [0.25, 0.3) is 0 Å². The number of ether oxygens (including phenoxy) is 1. The highest BCUT2D eigenvalue weighted by Crippen LogP contribution is 2.46. The molecule has 2 atom stereocenters. The lowest BCUT2D eigenvalue weighted by Crippen LogP contribution is -2.47. The Balaban J connectivity index is 1.70. The van der Waals surface area contributed by atoms with Crippen molar-refractivity contribution in [3.05, 3.63) is 12.2 Å². The summed E-state index contributed by atoms with van der Waals surface area (Å²) >= 11 is 0. The molecule has 1 saturated heterocycles. The van der Waals surface area contributed by atoms with E-state index in [1.54, 1.807) is 0 Å². The number of aromatic amines is 1. The summed E-state index contributed by atoms with van der Waals surface area (Å²) in [5.41, 5.74) is 6.38. The Bertz CT molecular complexity index is 347. The van der Waals surface area contributed by atoms with Gasteiger partial charge in [0, 0.05) is 6.61 Å². The summed E-state index contributed by atoms with van der Waals surface area (Å²) < 4.78 is 5.90. The second-order valence-corrected chi connectivity index (χ2v) is 5.03. The third-order valence-corrected chi connectivity index (χ3v) is 4.05. The van der Waals surface area contributed by atoms with E-state index in [-0.39, 0.29) is 11.6 Å². The molecule has 1 aliphatic carbocycles. The Morgan fingerprint density at radius 3 is 3.06 bits per heavy atom.